The molecule has 2 heterocycles. The second kappa shape index (κ2) is 16.9. The molecule has 0 atom stereocenters. The van der Waals surface area contributed by atoms with Crippen molar-refractivity contribution in [2.24, 2.45) is 5.41 Å². The van der Waals surface area contributed by atoms with E-state index in [1.54, 1.807) is 0 Å². The summed E-state index contributed by atoms with van der Waals surface area (Å²) >= 11 is 0. The van der Waals surface area contributed by atoms with Gasteiger partial charge in [-0.25, -0.2) is 0 Å². The van der Waals surface area contributed by atoms with Crippen molar-refractivity contribution in [1.82, 2.24) is 15.5 Å². The second-order valence-electron chi connectivity index (χ2n) is 5.47. The summed E-state index contributed by atoms with van der Waals surface area (Å²) in [7, 11) is 2.15. The summed E-state index contributed by atoms with van der Waals surface area (Å²) in [4.78, 5) is 2.33. The van der Waals surface area contributed by atoms with Crippen LogP contribution in [0.1, 0.15) is 61.8 Å². The Labute approximate surface area is 129 Å². The molecule has 3 nitrogen and oxygen atoms in total. The Morgan fingerprint density at radius 2 is 1.10 bits per heavy atom. The van der Waals surface area contributed by atoms with Crippen LogP contribution in [0.2, 0.25) is 0 Å². The van der Waals surface area contributed by atoms with Crippen molar-refractivity contribution in [3.63, 3.8) is 0 Å². The number of piperazine rings is 1. The number of piperidine rings is 1. The SMILES string of the molecule is C.CC.CC.CC1(C)CCNCC1.CN1CCNCC1. The molecule has 0 saturated carbocycles. The molecular weight excluding hydrogens is 246 g/mol. The number of nitrogens with zero attached hydrogens (tertiary/aromatic N) is 1. The van der Waals surface area contributed by atoms with Crippen LogP contribution in [0.15, 0.2) is 0 Å². The lowest BCUT2D eigenvalue weighted by atomic mass is 9.83. The molecule has 0 unspecified atom stereocenters. The van der Waals surface area contributed by atoms with Gasteiger partial charge in [-0.2, -0.15) is 0 Å². The fourth-order valence-corrected chi connectivity index (χ4v) is 1.88. The van der Waals surface area contributed by atoms with Crippen molar-refractivity contribution in [3.05, 3.63) is 0 Å². The maximum absolute atomic E-state index is 3.34. The lowest BCUT2D eigenvalue weighted by Crippen LogP contribution is -2.40. The lowest BCUT2D eigenvalue weighted by molar-refractivity contribution is 0.259. The van der Waals surface area contributed by atoms with E-state index in [0.29, 0.717) is 5.41 Å². The standard InChI is InChI=1S/C7H15N.C5H12N2.2C2H6.CH4/c1-7(2)3-5-8-6-4-7;1-7-4-2-6-3-5-7;2*1-2;/h8H,3-6H2,1-2H3;6H,2-5H2,1H3;2*1-2H3;1H4. The summed E-state index contributed by atoms with van der Waals surface area (Å²) < 4.78 is 0. The van der Waals surface area contributed by atoms with Gasteiger partial charge in [0.2, 0.25) is 0 Å². The summed E-state index contributed by atoms with van der Waals surface area (Å²) in [5, 5.41) is 6.61. The molecule has 2 saturated heterocycles. The molecule has 2 aliphatic rings. The van der Waals surface area contributed by atoms with E-state index >= 15 is 0 Å². The van der Waals surface area contributed by atoms with Crippen LogP contribution in [0.5, 0.6) is 0 Å². The molecule has 0 aromatic carbocycles. The van der Waals surface area contributed by atoms with Crippen molar-refractivity contribution in [1.29, 1.82) is 0 Å². The van der Waals surface area contributed by atoms with Gasteiger partial charge >= 0.3 is 0 Å². The Morgan fingerprint density at radius 3 is 1.30 bits per heavy atom. The number of hydrogen-bond donors (Lipinski definition) is 2. The first-order valence-electron chi connectivity index (χ1n) is 8.20. The van der Waals surface area contributed by atoms with E-state index in [0.717, 1.165) is 13.1 Å². The molecule has 0 radical (unpaired) electrons. The van der Waals surface area contributed by atoms with Crippen molar-refractivity contribution >= 4 is 0 Å². The van der Waals surface area contributed by atoms with E-state index < -0.39 is 0 Å². The molecule has 0 spiro atoms. The third-order valence-electron chi connectivity index (χ3n) is 3.30. The Kier molecular flexibility index (Phi) is 21.1. The van der Waals surface area contributed by atoms with Crippen LogP contribution >= 0.6 is 0 Å². The maximum Gasteiger partial charge on any atom is 0.0104 e. The van der Waals surface area contributed by atoms with Gasteiger partial charge in [-0.1, -0.05) is 49.0 Å². The van der Waals surface area contributed by atoms with E-state index in [9.17, 15) is 0 Å². The highest BCUT2D eigenvalue weighted by Crippen LogP contribution is 2.25. The normalized spacial score (nSPS) is 20.6. The fraction of sp³-hybridized carbons (Fsp3) is 1.00. The molecule has 0 aromatic heterocycles. The van der Waals surface area contributed by atoms with Gasteiger partial charge in [0.25, 0.3) is 0 Å². The van der Waals surface area contributed by atoms with E-state index in [1.165, 1.54) is 39.0 Å². The van der Waals surface area contributed by atoms with Gasteiger partial charge in [0, 0.05) is 26.2 Å². The first-order chi connectivity index (χ1) is 9.10. The summed E-state index contributed by atoms with van der Waals surface area (Å²) in [5.74, 6) is 0. The lowest BCUT2D eigenvalue weighted by Gasteiger charge is -2.29. The second-order valence-corrected chi connectivity index (χ2v) is 5.47. The van der Waals surface area contributed by atoms with Gasteiger partial charge in [0.1, 0.15) is 0 Å². The van der Waals surface area contributed by atoms with Crippen molar-refractivity contribution in [2.75, 3.05) is 46.3 Å². The van der Waals surface area contributed by atoms with Crippen LogP contribution in [-0.2, 0) is 0 Å². The van der Waals surface area contributed by atoms with Crippen LogP contribution in [0, 0.1) is 5.41 Å². The number of rotatable bonds is 0. The van der Waals surface area contributed by atoms with Crippen LogP contribution in [0.4, 0.5) is 0 Å². The zero-order valence-corrected chi connectivity index (χ0v) is 14.6. The summed E-state index contributed by atoms with van der Waals surface area (Å²) in [6.45, 7) is 19.9. The van der Waals surface area contributed by atoms with Gasteiger partial charge in [0.05, 0.1) is 0 Å². The highest BCUT2D eigenvalue weighted by Gasteiger charge is 2.19. The van der Waals surface area contributed by atoms with Crippen LogP contribution in [-0.4, -0.2) is 51.2 Å². The van der Waals surface area contributed by atoms with E-state index in [4.69, 9.17) is 0 Å². The minimum absolute atomic E-state index is 0. The first kappa shape index (κ1) is 24.9. The zero-order chi connectivity index (χ0) is 15.1. The largest absolute Gasteiger partial charge is 0.317 e. The van der Waals surface area contributed by atoms with Crippen LogP contribution in [0.3, 0.4) is 0 Å². The van der Waals surface area contributed by atoms with Gasteiger partial charge in [-0.15, -0.1) is 0 Å². The molecule has 2 aliphatic heterocycles. The average molecular weight is 290 g/mol. The molecule has 0 aliphatic carbocycles. The predicted molar refractivity (Wildman–Crippen MR) is 95.7 cm³/mol. The van der Waals surface area contributed by atoms with Crippen molar-refractivity contribution < 1.29 is 0 Å². The molecular formula is C17H43N3. The van der Waals surface area contributed by atoms with Crippen molar-refractivity contribution in [2.45, 2.75) is 61.8 Å². The average Bonchev–Trinajstić information content (AvgIpc) is 2.44. The van der Waals surface area contributed by atoms with Gasteiger partial charge in [-0.05, 0) is 38.4 Å². The zero-order valence-electron chi connectivity index (χ0n) is 14.6. The molecule has 20 heavy (non-hydrogen) atoms. The molecule has 0 bridgehead atoms. The van der Waals surface area contributed by atoms with Gasteiger partial charge in [-0.3, -0.25) is 0 Å². The van der Waals surface area contributed by atoms with Gasteiger partial charge < -0.3 is 15.5 Å². The molecule has 2 N–H and O–H groups in total. The van der Waals surface area contributed by atoms with E-state index in [1.807, 2.05) is 27.7 Å². The Bertz CT molecular complexity index is 156. The van der Waals surface area contributed by atoms with Crippen LogP contribution < -0.4 is 10.6 Å². The smallest absolute Gasteiger partial charge is 0.0104 e. The van der Waals surface area contributed by atoms with Crippen LogP contribution in [0.25, 0.3) is 0 Å². The molecule has 0 amide bonds. The fourth-order valence-electron chi connectivity index (χ4n) is 1.88. The maximum atomic E-state index is 3.34. The highest BCUT2D eigenvalue weighted by molar-refractivity contribution is 4.75. The molecule has 0 aromatic rings. The Balaban J connectivity index is -0.000000224. The number of likely N-dealkylation sites (N-methyl/N-ethyl adjacent to an activating group) is 1. The summed E-state index contributed by atoms with van der Waals surface area (Å²) in [6, 6.07) is 0. The first-order valence-corrected chi connectivity index (χ1v) is 8.20. The highest BCUT2D eigenvalue weighted by atomic mass is 15.2. The number of nitrogens with one attached hydrogen (secondary N) is 2. The Morgan fingerprint density at radius 1 is 0.750 bits per heavy atom. The van der Waals surface area contributed by atoms with Crippen molar-refractivity contribution in [3.8, 4) is 0 Å². The molecule has 2 fully saturated rings. The summed E-state index contributed by atoms with van der Waals surface area (Å²) in [5.41, 5.74) is 0.616. The quantitative estimate of drug-likeness (QED) is 0.713. The minimum atomic E-state index is 0. The summed E-state index contributed by atoms with van der Waals surface area (Å²) in [6.07, 6.45) is 2.68. The topological polar surface area (TPSA) is 27.3 Å². The van der Waals surface area contributed by atoms with Gasteiger partial charge in [0.15, 0.2) is 0 Å². The number of hydrogen-bond acceptors (Lipinski definition) is 3. The predicted octanol–water partition coefficient (Wildman–Crippen LogP) is 3.61. The van der Waals surface area contributed by atoms with E-state index in [2.05, 4.69) is 36.4 Å². The Hall–Kier alpha value is -0.120. The molecule has 126 valence electrons. The third kappa shape index (κ3) is 15.9. The molecule has 3 heteroatoms. The minimum Gasteiger partial charge on any atom is -0.317 e. The molecule has 2 rings (SSSR count). The van der Waals surface area contributed by atoms with E-state index in [-0.39, 0.29) is 7.43 Å². The monoisotopic (exact) mass is 289 g/mol. The third-order valence-corrected chi connectivity index (χ3v) is 3.30.